The minimum Gasteiger partial charge on any atom is -0.395 e. The summed E-state index contributed by atoms with van der Waals surface area (Å²) in [6, 6.07) is 25.5. The highest BCUT2D eigenvalue weighted by atomic mass is 32.2. The molecule has 0 spiro atoms. The lowest BCUT2D eigenvalue weighted by Gasteiger charge is -2.10. The third-order valence-corrected chi connectivity index (χ3v) is 24.6. The van der Waals surface area contributed by atoms with Gasteiger partial charge in [0.2, 0.25) is 29.5 Å². The molecule has 0 aliphatic carbocycles. The van der Waals surface area contributed by atoms with Crippen molar-refractivity contribution < 1.29 is 55.6 Å². The van der Waals surface area contributed by atoms with Crippen LogP contribution in [0.1, 0.15) is 28.5 Å². The van der Waals surface area contributed by atoms with Crippen molar-refractivity contribution in [2.75, 3.05) is 38.8 Å². The van der Waals surface area contributed by atoms with Crippen LogP contribution in [0.4, 0.5) is 0 Å². The predicted molar refractivity (Wildman–Crippen MR) is 262 cm³/mol. The lowest BCUT2D eigenvalue weighted by atomic mass is 10.4. The van der Waals surface area contributed by atoms with E-state index in [9.17, 15) is 50.5 Å². The van der Waals surface area contributed by atoms with E-state index in [0.29, 0.717) is 6.54 Å². The van der Waals surface area contributed by atoms with E-state index in [1.807, 2.05) is 13.8 Å². The van der Waals surface area contributed by atoms with Crippen LogP contribution in [0.3, 0.4) is 0 Å². The minimum absolute atomic E-state index is 0.000858. The van der Waals surface area contributed by atoms with Crippen LogP contribution in [0.2, 0.25) is 0 Å². The Kier molecular flexibility index (Phi) is 19.2. The molecule has 67 heavy (non-hydrogen) atoms. The molecule has 0 unspecified atom stereocenters. The Labute approximate surface area is 405 Å². The maximum Gasteiger partial charge on any atom is 0.215 e. The summed E-state index contributed by atoms with van der Waals surface area (Å²) < 4.78 is 147. The molecule has 0 saturated heterocycles. The summed E-state index contributed by atoms with van der Waals surface area (Å²) in [5, 5.41) is 9.58. The molecule has 3 N–H and O–H groups in total. The van der Waals surface area contributed by atoms with Crippen LogP contribution in [0.5, 0.6) is 0 Å². The molecular formula is C43H50N2O13S9. The van der Waals surface area contributed by atoms with E-state index >= 15 is 0 Å². The zero-order valence-corrected chi connectivity index (χ0v) is 44.0. The van der Waals surface area contributed by atoms with Gasteiger partial charge in [0, 0.05) is 33.1 Å². The summed E-state index contributed by atoms with van der Waals surface area (Å²) >= 11 is 3.56. The van der Waals surface area contributed by atoms with Crippen molar-refractivity contribution in [2.24, 2.45) is 5.73 Å². The van der Waals surface area contributed by atoms with Crippen molar-refractivity contribution in [2.45, 2.75) is 75.2 Å². The molecule has 0 aliphatic heterocycles. The van der Waals surface area contributed by atoms with Gasteiger partial charge in [-0.05, 0) is 136 Å². The number of hydrogen-bond donors (Lipinski definition) is 2. The summed E-state index contributed by atoms with van der Waals surface area (Å²) in [6.07, 6.45) is 1.54. The van der Waals surface area contributed by atoms with Crippen LogP contribution in [0, 0.1) is 0 Å². The summed E-state index contributed by atoms with van der Waals surface area (Å²) in [7, 11) is -17.9. The first-order chi connectivity index (χ1) is 31.3. The number of nitrogens with zero attached hydrogens (tertiary/aromatic N) is 1. The van der Waals surface area contributed by atoms with Gasteiger partial charge in [0.1, 0.15) is 12.6 Å². The number of aliphatic hydroxyl groups excluding tert-OH is 1. The van der Waals surface area contributed by atoms with Gasteiger partial charge in [0.05, 0.1) is 47.5 Å². The zero-order chi connectivity index (χ0) is 50.0. The number of nitrogens with two attached hydrogens (primary N) is 1. The van der Waals surface area contributed by atoms with Gasteiger partial charge < -0.3 is 15.7 Å². The van der Waals surface area contributed by atoms with Crippen LogP contribution >= 0.6 is 34.0 Å². The van der Waals surface area contributed by atoms with Gasteiger partial charge in [-0.1, -0.05) is 20.4 Å². The van der Waals surface area contributed by atoms with Gasteiger partial charge in [-0.15, -0.1) is 34.0 Å². The Hall–Kier alpha value is -3.92. The molecule has 3 aromatic heterocycles. The minimum atomic E-state index is -3.66. The second-order valence-electron chi connectivity index (χ2n) is 14.4. The number of aliphatic hydroxyl groups is 1. The maximum absolute atomic E-state index is 12.6. The van der Waals surface area contributed by atoms with Crippen molar-refractivity contribution in [3.05, 3.63) is 136 Å². The van der Waals surface area contributed by atoms with Crippen LogP contribution < -0.4 is 5.73 Å². The van der Waals surface area contributed by atoms with Gasteiger partial charge >= 0.3 is 0 Å². The van der Waals surface area contributed by atoms with E-state index < -0.39 is 65.6 Å². The molecule has 0 fully saturated rings. The SMILES string of the molecule is C=CS(=O)(=O)c1ccc(S(=O)(=O)c2ccc(CC)s2)cc1.CCc1ccc(S(=O)(=O)c2ccc(S(=O)(=O)CCO)cc2)s1.CN(C)CCS(=O)(=O)c1ccc(S(=O)(=O)c2ccc(CN)s2)cc1. The monoisotopic (exact) mass is 1090 g/mol. The topological polar surface area (TPSA) is 254 Å². The highest BCUT2D eigenvalue weighted by Crippen LogP contribution is 2.31. The molecular weight excluding hydrogens is 1040 g/mol. The number of rotatable bonds is 18. The molecule has 3 heterocycles. The number of sulfone groups is 6. The molecule has 24 heteroatoms. The maximum atomic E-state index is 12.6. The molecule has 0 atom stereocenters. The van der Waals surface area contributed by atoms with Crippen molar-refractivity contribution in [3.8, 4) is 0 Å². The molecule has 0 amide bonds. The van der Waals surface area contributed by atoms with Gasteiger partial charge in [-0.3, -0.25) is 0 Å². The first-order valence-electron chi connectivity index (χ1n) is 19.9. The molecule has 6 aromatic rings. The Bertz CT molecular complexity index is 3320. The quantitative estimate of drug-likeness (QED) is 0.0952. The number of benzene rings is 3. The Morgan fingerprint density at radius 3 is 1.09 bits per heavy atom. The van der Waals surface area contributed by atoms with Crippen LogP contribution in [-0.2, 0) is 78.4 Å². The Morgan fingerprint density at radius 2 is 0.806 bits per heavy atom. The molecule has 0 radical (unpaired) electrons. The third-order valence-electron chi connectivity index (χ3n) is 9.44. The fourth-order valence-electron chi connectivity index (χ4n) is 5.56. The Morgan fingerprint density at radius 1 is 0.493 bits per heavy atom. The number of thiophene rings is 3. The van der Waals surface area contributed by atoms with Crippen molar-refractivity contribution in [3.63, 3.8) is 0 Å². The van der Waals surface area contributed by atoms with Gasteiger partial charge in [-0.2, -0.15) is 0 Å². The van der Waals surface area contributed by atoms with E-state index in [2.05, 4.69) is 6.58 Å². The lowest BCUT2D eigenvalue weighted by Crippen LogP contribution is -2.22. The van der Waals surface area contributed by atoms with E-state index in [1.165, 1.54) is 102 Å². The summed E-state index contributed by atoms with van der Waals surface area (Å²) in [5.74, 6) is -0.402. The summed E-state index contributed by atoms with van der Waals surface area (Å²) in [5.41, 5.74) is 5.51. The molecule has 15 nitrogen and oxygen atoms in total. The zero-order valence-electron chi connectivity index (χ0n) is 36.7. The second-order valence-corrected chi connectivity index (χ2v) is 30.5. The van der Waals surface area contributed by atoms with E-state index in [1.54, 1.807) is 49.3 Å². The first kappa shape index (κ1) is 55.7. The highest BCUT2D eigenvalue weighted by Gasteiger charge is 2.24. The molecule has 0 bridgehead atoms. The average Bonchev–Trinajstić information content (AvgIpc) is 4.12. The normalized spacial score (nSPS) is 12.5. The van der Waals surface area contributed by atoms with Gasteiger partial charge in [0.15, 0.2) is 29.5 Å². The lowest BCUT2D eigenvalue weighted by molar-refractivity contribution is 0.319. The predicted octanol–water partition coefficient (Wildman–Crippen LogP) is 6.34. The Balaban J connectivity index is 0.000000220. The molecule has 0 aliphatic rings. The third kappa shape index (κ3) is 14.1. The van der Waals surface area contributed by atoms with Crippen molar-refractivity contribution in [1.29, 1.82) is 0 Å². The van der Waals surface area contributed by atoms with E-state index in [4.69, 9.17) is 10.8 Å². The first-order valence-corrected chi connectivity index (χ1v) is 31.6. The molecule has 3 aromatic carbocycles. The summed E-state index contributed by atoms with van der Waals surface area (Å²) in [6.45, 7) is 7.35. The fraction of sp³-hybridized carbons (Fsp3) is 0.256. The molecule has 6 rings (SSSR count). The van der Waals surface area contributed by atoms with Gasteiger partial charge in [-0.25, -0.2) is 50.5 Å². The van der Waals surface area contributed by atoms with Crippen LogP contribution in [-0.4, -0.2) is 99.3 Å². The highest BCUT2D eigenvalue weighted by molar-refractivity contribution is 7.95. The number of aryl methyl sites for hydroxylation is 2. The van der Waals surface area contributed by atoms with E-state index in [0.717, 1.165) is 44.2 Å². The van der Waals surface area contributed by atoms with E-state index in [-0.39, 0.29) is 60.1 Å². The fourth-order valence-corrected chi connectivity index (χ4v) is 16.7. The van der Waals surface area contributed by atoms with Crippen LogP contribution in [0.25, 0.3) is 0 Å². The average molecular weight is 1090 g/mol. The van der Waals surface area contributed by atoms with Crippen molar-refractivity contribution in [1.82, 2.24) is 4.90 Å². The smallest absolute Gasteiger partial charge is 0.215 e. The second kappa shape index (κ2) is 23.1. The van der Waals surface area contributed by atoms with Crippen LogP contribution in [0.15, 0.2) is 163 Å². The molecule has 364 valence electrons. The number of hydrogen-bond acceptors (Lipinski definition) is 18. The van der Waals surface area contributed by atoms with Crippen molar-refractivity contribution >= 4 is 93.0 Å². The standard InChI is InChI=1S/C15H20N2O4S3.C14H16O5S3.C14H14O4S3/c1-17(2)9-10-23(18,19)13-4-6-14(7-5-13)24(20,21)15-8-3-12(11-16)22-15;1-2-11-3-8-14(20-11)22(18,19)13-6-4-12(5-7-13)21(16,17)10-9-15;1-3-11-5-10-14(19-11)21(17,18)13-8-6-12(7-9-13)20(15,16)4-2/h3-8H,9-11,16H2,1-2H3;3-8,15H,2,9-10H2,1H3;4-10H,2-3H2,1H3. The summed E-state index contributed by atoms with van der Waals surface area (Å²) in [4.78, 5) is 4.86. The largest absolute Gasteiger partial charge is 0.395 e. The van der Waals surface area contributed by atoms with Gasteiger partial charge in [0.25, 0.3) is 0 Å². The molecule has 0 saturated carbocycles.